The fourth-order valence-electron chi connectivity index (χ4n) is 6.40. The van der Waals surface area contributed by atoms with E-state index < -0.39 is 11.6 Å². The highest BCUT2D eigenvalue weighted by Crippen LogP contribution is 2.34. The van der Waals surface area contributed by atoms with Crippen molar-refractivity contribution in [3.63, 3.8) is 0 Å². The van der Waals surface area contributed by atoms with Gasteiger partial charge in [-0.3, -0.25) is 4.79 Å². The Labute approximate surface area is 256 Å². The highest BCUT2D eigenvalue weighted by atomic mass is 16.5. The highest BCUT2D eigenvalue weighted by molar-refractivity contribution is 6.22. The summed E-state index contributed by atoms with van der Waals surface area (Å²) in [5, 5.41) is 22.9. The third-order valence-electron chi connectivity index (χ3n) is 8.87. The number of aromatic nitrogens is 1. The van der Waals surface area contributed by atoms with E-state index in [2.05, 4.69) is 9.88 Å². The Balaban J connectivity index is 1.26. The lowest BCUT2D eigenvalue weighted by Gasteiger charge is -2.40. The van der Waals surface area contributed by atoms with Gasteiger partial charge in [0, 0.05) is 41.7 Å². The van der Waals surface area contributed by atoms with Gasteiger partial charge in [0.25, 0.3) is 5.91 Å². The maximum absolute atomic E-state index is 13.3. The molecule has 0 aliphatic carbocycles. The summed E-state index contributed by atoms with van der Waals surface area (Å²) in [6, 6.07) is 20.2. The zero-order valence-electron chi connectivity index (χ0n) is 25.2. The molecule has 1 amide bonds. The average molecular weight is 595 g/mol. The van der Waals surface area contributed by atoms with Crippen LogP contribution in [-0.2, 0) is 4.74 Å². The number of carbonyl (C=O) groups is 2. The predicted molar refractivity (Wildman–Crippen MR) is 170 cm³/mol. The number of nitrogens with zero attached hydrogens (tertiary/aromatic N) is 3. The molecule has 9 nitrogen and oxygen atoms in total. The molecule has 2 saturated heterocycles. The Hall–Kier alpha value is -4.47. The van der Waals surface area contributed by atoms with E-state index >= 15 is 0 Å². The van der Waals surface area contributed by atoms with Crippen LogP contribution in [0.1, 0.15) is 63.1 Å². The SMILES string of the molecule is COC(=O)c1cc2[nH]c(O)c(C(=Nc3ccc(C(=O)N4CCC(O)(CN5CCCC5)CC4)cc3)c3ccccc3)c2cc1C. The molecule has 3 heterocycles. The van der Waals surface area contributed by atoms with Gasteiger partial charge in [-0.05, 0) is 87.7 Å². The fraction of sp³-hybridized carbons (Fsp3) is 0.343. The van der Waals surface area contributed by atoms with Gasteiger partial charge >= 0.3 is 5.97 Å². The number of carbonyl (C=O) groups excluding carboxylic acids is 2. The Bertz CT molecular complexity index is 1700. The molecule has 0 saturated carbocycles. The van der Waals surface area contributed by atoms with Gasteiger partial charge in [-0.25, -0.2) is 9.79 Å². The first-order valence-corrected chi connectivity index (χ1v) is 15.2. The number of aromatic amines is 1. The molecule has 0 radical (unpaired) electrons. The van der Waals surface area contributed by atoms with Gasteiger partial charge in [0.1, 0.15) is 0 Å². The molecular formula is C35H38N4O5. The summed E-state index contributed by atoms with van der Waals surface area (Å²) >= 11 is 0. The molecule has 2 aliphatic heterocycles. The van der Waals surface area contributed by atoms with Crippen molar-refractivity contribution in [2.75, 3.05) is 39.8 Å². The highest BCUT2D eigenvalue weighted by Gasteiger charge is 2.36. The number of piperidine rings is 1. The Morgan fingerprint density at radius 3 is 2.30 bits per heavy atom. The summed E-state index contributed by atoms with van der Waals surface area (Å²) in [7, 11) is 1.34. The molecule has 228 valence electrons. The zero-order valence-corrected chi connectivity index (χ0v) is 25.2. The van der Waals surface area contributed by atoms with Gasteiger partial charge in [-0.15, -0.1) is 0 Å². The van der Waals surface area contributed by atoms with E-state index in [-0.39, 0.29) is 11.8 Å². The van der Waals surface area contributed by atoms with Crippen molar-refractivity contribution in [1.82, 2.24) is 14.8 Å². The largest absolute Gasteiger partial charge is 0.494 e. The number of amides is 1. The molecule has 6 rings (SSSR count). The second-order valence-electron chi connectivity index (χ2n) is 11.9. The smallest absolute Gasteiger partial charge is 0.338 e. The van der Waals surface area contributed by atoms with Gasteiger partial charge in [0.2, 0.25) is 0 Å². The molecule has 1 aromatic heterocycles. The maximum atomic E-state index is 13.3. The minimum absolute atomic E-state index is 0.0572. The van der Waals surface area contributed by atoms with E-state index in [9.17, 15) is 19.8 Å². The number of aryl methyl sites for hydroxylation is 1. The van der Waals surface area contributed by atoms with Gasteiger partial charge in [0.05, 0.1) is 35.2 Å². The number of nitrogens with one attached hydrogen (secondary N) is 1. The summed E-state index contributed by atoms with van der Waals surface area (Å²) in [5.74, 6) is -0.572. The number of aliphatic hydroxyl groups is 1. The van der Waals surface area contributed by atoms with Crippen LogP contribution in [0.25, 0.3) is 10.9 Å². The van der Waals surface area contributed by atoms with Crippen molar-refractivity contribution in [2.24, 2.45) is 4.99 Å². The van der Waals surface area contributed by atoms with Crippen molar-refractivity contribution < 1.29 is 24.5 Å². The first kappa shape index (κ1) is 29.6. The number of β-amino-alcohol motifs (C(OH)–C–C–N with tert-alkyl or cyclic N) is 1. The monoisotopic (exact) mass is 594 g/mol. The van der Waals surface area contributed by atoms with E-state index in [4.69, 9.17) is 9.73 Å². The van der Waals surface area contributed by atoms with Crippen LogP contribution in [-0.4, -0.2) is 88.0 Å². The number of aromatic hydroxyl groups is 1. The van der Waals surface area contributed by atoms with Gasteiger partial charge in [-0.2, -0.15) is 0 Å². The van der Waals surface area contributed by atoms with Crippen molar-refractivity contribution in [3.05, 3.63) is 94.5 Å². The minimum Gasteiger partial charge on any atom is -0.494 e. The molecule has 44 heavy (non-hydrogen) atoms. The van der Waals surface area contributed by atoms with E-state index in [0.29, 0.717) is 71.6 Å². The van der Waals surface area contributed by atoms with Crippen LogP contribution >= 0.6 is 0 Å². The normalized spacial score (nSPS) is 17.2. The van der Waals surface area contributed by atoms with E-state index in [0.717, 1.165) is 24.0 Å². The second kappa shape index (κ2) is 12.3. The Kier molecular flexibility index (Phi) is 8.25. The number of hydrogen-bond donors (Lipinski definition) is 3. The molecular weight excluding hydrogens is 556 g/mol. The summed E-state index contributed by atoms with van der Waals surface area (Å²) in [5.41, 5.74) is 4.03. The van der Waals surface area contributed by atoms with Crippen LogP contribution in [0.5, 0.6) is 5.88 Å². The number of esters is 1. The standard InChI is InChI=1S/C35H38N4O5/c1-23-20-28-29(21-27(23)34(42)44-2)37-32(40)30(28)31(24-8-4-3-5-9-24)36-26-12-10-25(11-13-26)33(41)39-18-14-35(43,15-19-39)22-38-16-6-7-17-38/h3-5,8-13,20-21,37,40,43H,6-7,14-19,22H2,1-2H3. The van der Waals surface area contributed by atoms with Crippen LogP contribution in [0.3, 0.4) is 0 Å². The first-order valence-electron chi connectivity index (χ1n) is 15.2. The number of H-pyrrole nitrogens is 1. The summed E-state index contributed by atoms with van der Waals surface area (Å²) < 4.78 is 4.92. The second-order valence-corrected chi connectivity index (χ2v) is 11.9. The van der Waals surface area contributed by atoms with Crippen LogP contribution in [0.15, 0.2) is 71.7 Å². The molecule has 0 unspecified atom stereocenters. The van der Waals surface area contributed by atoms with E-state index in [1.54, 1.807) is 30.3 Å². The Morgan fingerprint density at radius 1 is 0.955 bits per heavy atom. The summed E-state index contributed by atoms with van der Waals surface area (Å²) in [6.07, 6.45) is 3.53. The van der Waals surface area contributed by atoms with Crippen molar-refractivity contribution >= 4 is 34.2 Å². The fourth-order valence-corrected chi connectivity index (χ4v) is 6.40. The molecule has 2 fully saturated rings. The van der Waals surface area contributed by atoms with Gasteiger partial charge in [-0.1, -0.05) is 30.3 Å². The predicted octanol–water partition coefficient (Wildman–Crippen LogP) is 5.20. The third-order valence-corrected chi connectivity index (χ3v) is 8.87. The zero-order chi connectivity index (χ0) is 30.8. The first-order chi connectivity index (χ1) is 21.2. The Morgan fingerprint density at radius 2 is 1.64 bits per heavy atom. The number of rotatable bonds is 7. The lowest BCUT2D eigenvalue weighted by Crippen LogP contribution is -2.51. The van der Waals surface area contributed by atoms with Crippen LogP contribution in [0.2, 0.25) is 0 Å². The topological polar surface area (TPSA) is 118 Å². The van der Waals surface area contributed by atoms with Gasteiger partial charge in [0.15, 0.2) is 5.88 Å². The number of fused-ring (bicyclic) bond motifs is 1. The van der Waals surface area contributed by atoms with Crippen molar-refractivity contribution in [2.45, 2.75) is 38.2 Å². The number of benzene rings is 3. The third kappa shape index (κ3) is 5.98. The number of hydrogen-bond acceptors (Lipinski definition) is 7. The summed E-state index contributed by atoms with van der Waals surface area (Å²) in [6.45, 7) is 5.65. The summed E-state index contributed by atoms with van der Waals surface area (Å²) in [4.78, 5) is 37.7. The number of methoxy groups -OCH3 is 1. The molecule has 4 aromatic rings. The molecule has 0 bridgehead atoms. The molecule has 2 aliphatic rings. The van der Waals surface area contributed by atoms with Crippen molar-refractivity contribution in [3.8, 4) is 5.88 Å². The number of aliphatic imine (C=N–C) groups is 1. The molecule has 3 N–H and O–H groups in total. The van der Waals surface area contributed by atoms with Gasteiger partial charge < -0.3 is 29.7 Å². The average Bonchev–Trinajstić information content (AvgIpc) is 3.66. The number of likely N-dealkylation sites (tertiary alicyclic amines) is 2. The van der Waals surface area contributed by atoms with E-state index in [1.165, 1.54) is 20.0 Å². The maximum Gasteiger partial charge on any atom is 0.338 e. The van der Waals surface area contributed by atoms with Crippen LogP contribution in [0, 0.1) is 6.92 Å². The quantitative estimate of drug-likeness (QED) is 0.200. The van der Waals surface area contributed by atoms with Crippen LogP contribution in [0.4, 0.5) is 5.69 Å². The molecule has 0 atom stereocenters. The van der Waals surface area contributed by atoms with Crippen LogP contribution < -0.4 is 0 Å². The molecule has 9 heteroatoms. The molecule has 0 spiro atoms. The van der Waals surface area contributed by atoms with E-state index in [1.807, 2.05) is 48.2 Å². The molecule has 3 aromatic carbocycles. The van der Waals surface area contributed by atoms with Crippen molar-refractivity contribution in [1.29, 1.82) is 0 Å². The number of ether oxygens (including phenoxy) is 1. The minimum atomic E-state index is -0.735. The lowest BCUT2D eigenvalue weighted by molar-refractivity contribution is -0.0367. The lowest BCUT2D eigenvalue weighted by atomic mass is 9.90.